The zero-order valence-electron chi connectivity index (χ0n) is 18.5. The van der Waals surface area contributed by atoms with Crippen LogP contribution in [0.1, 0.15) is 6.92 Å². The average Bonchev–Trinajstić information content (AvgIpc) is 3.16. The standard InChI is InChI=1S/C21H19ClF2N5O6P/c1-11(30)9-25-19-17-18(13-4-2-3-5-14(13)22)28-29(10-34-36(31,32)33)20(17)27-21(26-19)35-16-7-6-12(23)8-15(16)24/h2-8,11,30H,9-10H2,1H3,(H,25,26,27)(H2,31,32,33). The van der Waals surface area contributed by atoms with Gasteiger partial charge in [-0.2, -0.15) is 15.1 Å². The largest absolute Gasteiger partial charge is 0.471 e. The molecule has 2 aromatic carbocycles. The molecule has 2 heterocycles. The maximum absolute atomic E-state index is 14.2. The van der Waals surface area contributed by atoms with Crippen LogP contribution in [0.5, 0.6) is 11.8 Å². The molecule has 11 nitrogen and oxygen atoms in total. The van der Waals surface area contributed by atoms with Gasteiger partial charge in [-0.25, -0.2) is 18.0 Å². The Balaban J connectivity index is 1.92. The van der Waals surface area contributed by atoms with Crippen molar-refractivity contribution in [2.75, 3.05) is 11.9 Å². The summed E-state index contributed by atoms with van der Waals surface area (Å²) in [5.74, 6) is -2.10. The quantitative estimate of drug-likeness (QED) is 0.228. The molecule has 0 aliphatic rings. The minimum atomic E-state index is -4.89. The predicted molar refractivity (Wildman–Crippen MR) is 126 cm³/mol. The lowest BCUT2D eigenvalue weighted by atomic mass is 10.1. The number of rotatable bonds is 9. The number of nitrogens with zero attached hydrogens (tertiary/aromatic N) is 4. The number of anilines is 1. The third kappa shape index (κ3) is 5.95. The van der Waals surface area contributed by atoms with E-state index in [0.717, 1.165) is 16.8 Å². The predicted octanol–water partition coefficient (Wildman–Crippen LogP) is 4.08. The van der Waals surface area contributed by atoms with E-state index in [9.17, 15) is 28.2 Å². The van der Waals surface area contributed by atoms with E-state index in [0.29, 0.717) is 16.7 Å². The van der Waals surface area contributed by atoms with Gasteiger partial charge in [0.1, 0.15) is 17.3 Å². The third-order valence-corrected chi connectivity index (χ3v) is 5.49. The van der Waals surface area contributed by atoms with E-state index in [1.165, 1.54) is 6.92 Å². The number of ether oxygens (including phenoxy) is 1. The molecule has 2 aromatic heterocycles. The summed E-state index contributed by atoms with van der Waals surface area (Å²) in [6.45, 7) is 0.841. The van der Waals surface area contributed by atoms with Gasteiger partial charge in [-0.05, 0) is 25.1 Å². The number of aromatic nitrogens is 4. The molecular formula is C21H19ClF2N5O6P. The molecule has 36 heavy (non-hydrogen) atoms. The van der Waals surface area contributed by atoms with Crippen LogP contribution in [0, 0.1) is 11.6 Å². The molecule has 0 spiro atoms. The Hall–Kier alpha value is -3.19. The highest BCUT2D eigenvalue weighted by molar-refractivity contribution is 7.46. The molecule has 0 bridgehead atoms. The van der Waals surface area contributed by atoms with E-state index in [4.69, 9.17) is 16.3 Å². The highest BCUT2D eigenvalue weighted by Gasteiger charge is 2.24. The van der Waals surface area contributed by atoms with E-state index in [1.807, 2.05) is 0 Å². The molecule has 0 fully saturated rings. The number of phosphoric ester groups is 1. The first-order chi connectivity index (χ1) is 17.0. The second-order valence-electron chi connectivity index (χ2n) is 7.54. The van der Waals surface area contributed by atoms with Crippen molar-refractivity contribution >= 4 is 36.3 Å². The summed E-state index contributed by atoms with van der Waals surface area (Å²) in [7, 11) is -4.89. The van der Waals surface area contributed by atoms with Gasteiger partial charge in [0.15, 0.2) is 23.9 Å². The zero-order chi connectivity index (χ0) is 26.0. The number of hydrogen-bond donors (Lipinski definition) is 4. The van der Waals surface area contributed by atoms with E-state index >= 15 is 0 Å². The lowest BCUT2D eigenvalue weighted by Gasteiger charge is -2.12. The normalized spacial score (nSPS) is 12.6. The fraction of sp³-hybridized carbons (Fsp3) is 0.190. The molecular weight excluding hydrogens is 523 g/mol. The molecule has 15 heteroatoms. The number of halogens is 3. The Labute approximate surface area is 207 Å². The van der Waals surface area contributed by atoms with E-state index in [1.54, 1.807) is 24.3 Å². The summed E-state index contributed by atoms with van der Waals surface area (Å²) >= 11 is 6.36. The number of fused-ring (bicyclic) bond motifs is 1. The summed E-state index contributed by atoms with van der Waals surface area (Å²) in [5.41, 5.74) is 0.664. The summed E-state index contributed by atoms with van der Waals surface area (Å²) in [6, 6.07) is 8.94. The molecule has 0 saturated heterocycles. The van der Waals surface area contributed by atoms with Gasteiger partial charge in [0, 0.05) is 18.2 Å². The molecule has 0 aliphatic carbocycles. The minimum Gasteiger partial charge on any atom is -0.421 e. The van der Waals surface area contributed by atoms with E-state index < -0.39 is 38.3 Å². The smallest absolute Gasteiger partial charge is 0.421 e. The van der Waals surface area contributed by atoms with Gasteiger partial charge in [0.25, 0.3) is 0 Å². The highest BCUT2D eigenvalue weighted by Crippen LogP contribution is 2.39. The van der Waals surface area contributed by atoms with Gasteiger partial charge in [0.2, 0.25) is 0 Å². The Bertz CT molecular complexity index is 1460. The number of hydrogen-bond acceptors (Lipinski definition) is 8. The summed E-state index contributed by atoms with van der Waals surface area (Å²) in [5, 5.41) is 17.7. The van der Waals surface area contributed by atoms with Crippen LogP contribution in [0.2, 0.25) is 5.02 Å². The van der Waals surface area contributed by atoms with E-state index in [-0.39, 0.29) is 34.8 Å². The van der Waals surface area contributed by atoms with Gasteiger partial charge in [0.05, 0.1) is 16.5 Å². The van der Waals surface area contributed by atoms with Crippen molar-refractivity contribution in [3.63, 3.8) is 0 Å². The molecule has 0 aliphatic heterocycles. The minimum absolute atomic E-state index is 0.0148. The van der Waals surface area contributed by atoms with Crippen molar-refractivity contribution in [2.45, 2.75) is 19.8 Å². The topological polar surface area (TPSA) is 152 Å². The first-order valence-corrected chi connectivity index (χ1v) is 12.2. The number of benzene rings is 2. The van der Waals surface area contributed by atoms with Crippen LogP contribution >= 0.6 is 19.4 Å². The van der Waals surface area contributed by atoms with Crippen LogP contribution < -0.4 is 10.1 Å². The third-order valence-electron chi connectivity index (χ3n) is 4.71. The maximum atomic E-state index is 14.2. The van der Waals surface area contributed by atoms with Crippen molar-refractivity contribution < 1.29 is 37.5 Å². The second-order valence-corrected chi connectivity index (χ2v) is 9.18. The van der Waals surface area contributed by atoms with Gasteiger partial charge in [-0.1, -0.05) is 29.8 Å². The monoisotopic (exact) mass is 541 g/mol. The number of nitrogens with one attached hydrogen (secondary N) is 1. The van der Waals surface area contributed by atoms with Crippen LogP contribution in [-0.2, 0) is 15.8 Å². The molecule has 4 rings (SSSR count). The second kappa shape index (κ2) is 10.4. The molecule has 4 aromatic rings. The first-order valence-electron chi connectivity index (χ1n) is 10.3. The Morgan fingerprint density at radius 3 is 2.61 bits per heavy atom. The van der Waals surface area contributed by atoms with Crippen molar-refractivity contribution in [3.8, 4) is 23.0 Å². The van der Waals surface area contributed by atoms with Gasteiger partial charge >= 0.3 is 13.8 Å². The van der Waals surface area contributed by atoms with Gasteiger partial charge in [-0.15, -0.1) is 0 Å². The van der Waals surface area contributed by atoms with Crippen LogP contribution in [0.4, 0.5) is 14.6 Å². The Kier molecular flexibility index (Phi) is 7.50. The fourth-order valence-corrected chi connectivity index (χ4v) is 3.67. The SMILES string of the molecule is CC(O)CNc1nc(Oc2ccc(F)cc2F)nc2c1c(-c1ccccc1Cl)nn2COP(=O)(O)O. The van der Waals surface area contributed by atoms with Crippen molar-refractivity contribution in [2.24, 2.45) is 0 Å². The Morgan fingerprint density at radius 1 is 1.19 bits per heavy atom. The highest BCUT2D eigenvalue weighted by atomic mass is 35.5. The maximum Gasteiger partial charge on any atom is 0.471 e. The van der Waals surface area contributed by atoms with Crippen molar-refractivity contribution in [1.82, 2.24) is 19.7 Å². The van der Waals surface area contributed by atoms with Gasteiger partial charge in [-0.3, -0.25) is 4.52 Å². The molecule has 0 amide bonds. The molecule has 0 saturated carbocycles. The van der Waals surface area contributed by atoms with Crippen LogP contribution in [0.15, 0.2) is 42.5 Å². The summed E-state index contributed by atoms with van der Waals surface area (Å²) in [4.78, 5) is 26.8. The van der Waals surface area contributed by atoms with Gasteiger partial charge < -0.3 is 24.9 Å². The number of aliphatic hydroxyl groups excluding tert-OH is 1. The molecule has 0 radical (unpaired) electrons. The number of phosphoric acid groups is 1. The lowest BCUT2D eigenvalue weighted by Crippen LogP contribution is -2.16. The van der Waals surface area contributed by atoms with E-state index in [2.05, 4.69) is 24.9 Å². The first kappa shape index (κ1) is 25.9. The molecule has 1 atom stereocenters. The molecule has 4 N–H and O–H groups in total. The fourth-order valence-electron chi connectivity index (χ4n) is 3.19. The van der Waals surface area contributed by atoms with Crippen molar-refractivity contribution in [1.29, 1.82) is 0 Å². The van der Waals surface area contributed by atoms with Crippen molar-refractivity contribution in [3.05, 3.63) is 59.1 Å². The average molecular weight is 542 g/mol. The van der Waals surface area contributed by atoms with Crippen LogP contribution in [-0.4, -0.2) is 47.3 Å². The summed E-state index contributed by atoms with van der Waals surface area (Å²) < 4.78 is 49.9. The zero-order valence-corrected chi connectivity index (χ0v) is 20.1. The Morgan fingerprint density at radius 2 is 1.94 bits per heavy atom. The molecule has 190 valence electrons. The lowest BCUT2D eigenvalue weighted by molar-refractivity contribution is 0.148. The van der Waals surface area contributed by atoms with Crippen LogP contribution in [0.3, 0.4) is 0 Å². The number of aliphatic hydroxyl groups is 1. The molecule has 1 unspecified atom stereocenters. The summed E-state index contributed by atoms with van der Waals surface area (Å²) in [6.07, 6.45) is -0.800. The van der Waals surface area contributed by atoms with Crippen LogP contribution in [0.25, 0.3) is 22.3 Å².